The molecule has 1 aliphatic rings. The lowest BCUT2D eigenvalue weighted by molar-refractivity contribution is 0.0942. The van der Waals surface area contributed by atoms with Crippen LogP contribution in [0.5, 0.6) is 0 Å². The Balaban J connectivity index is 0.00000181. The number of pyridine rings is 1. The van der Waals surface area contributed by atoms with Crippen LogP contribution in [0.1, 0.15) is 92.8 Å². The maximum atomic E-state index is 15.0. The van der Waals surface area contributed by atoms with Gasteiger partial charge < -0.3 is 9.80 Å². The van der Waals surface area contributed by atoms with Crippen molar-refractivity contribution in [3.8, 4) is 11.1 Å². The average Bonchev–Trinajstić information content (AvgIpc) is 2.92. The van der Waals surface area contributed by atoms with Gasteiger partial charge in [0, 0.05) is 48.3 Å². The molecule has 0 aliphatic carbocycles. The smallest absolute Gasteiger partial charge is 0.133 e. The highest BCUT2D eigenvalue weighted by molar-refractivity contribution is 5.69. The highest BCUT2D eigenvalue weighted by Gasteiger charge is 2.25. The third-order valence-corrected chi connectivity index (χ3v) is 6.90. The van der Waals surface area contributed by atoms with Crippen LogP contribution in [-0.2, 0) is 6.42 Å². The molecule has 1 aliphatic heterocycles. The highest BCUT2D eigenvalue weighted by atomic mass is 19.1. The summed E-state index contributed by atoms with van der Waals surface area (Å²) in [6.07, 6.45) is 6.14. The molecule has 0 N–H and O–H groups in total. The van der Waals surface area contributed by atoms with E-state index in [9.17, 15) is 4.39 Å². The molecule has 3 rings (SSSR count). The van der Waals surface area contributed by atoms with Crippen molar-refractivity contribution >= 4 is 5.70 Å². The topological polar surface area (TPSA) is 19.4 Å². The first-order chi connectivity index (χ1) is 18.6. The second-order valence-corrected chi connectivity index (χ2v) is 11.1. The van der Waals surface area contributed by atoms with E-state index in [1.54, 1.807) is 19.9 Å². The summed E-state index contributed by atoms with van der Waals surface area (Å²) in [5.74, 6) is 0.907. The summed E-state index contributed by atoms with van der Waals surface area (Å²) < 4.78 is 28.9. The molecule has 0 unspecified atom stereocenters. The summed E-state index contributed by atoms with van der Waals surface area (Å²) in [6.45, 7) is 26.0. The number of hydrogen-bond acceptors (Lipinski definition) is 3. The van der Waals surface area contributed by atoms with Gasteiger partial charge in [-0.3, -0.25) is 4.98 Å². The number of aryl methyl sites for hydroxylation is 1. The Kier molecular flexibility index (Phi) is 15.5. The summed E-state index contributed by atoms with van der Waals surface area (Å²) in [5.41, 5.74) is 2.98. The van der Waals surface area contributed by atoms with Crippen molar-refractivity contribution in [2.75, 3.05) is 32.7 Å². The van der Waals surface area contributed by atoms with Gasteiger partial charge in [-0.05, 0) is 95.1 Å². The van der Waals surface area contributed by atoms with Gasteiger partial charge in [-0.2, -0.15) is 0 Å². The molecule has 1 aromatic heterocycles. The van der Waals surface area contributed by atoms with Gasteiger partial charge in [0.25, 0.3) is 0 Å². The molecule has 5 heteroatoms. The largest absolute Gasteiger partial charge is 0.371 e. The monoisotopic (exact) mass is 543 g/mol. The Morgan fingerprint density at radius 3 is 2.18 bits per heavy atom. The lowest BCUT2D eigenvalue weighted by Crippen LogP contribution is -2.41. The Morgan fingerprint density at radius 1 is 1.08 bits per heavy atom. The number of piperidine rings is 1. The van der Waals surface area contributed by atoms with Crippen LogP contribution < -0.4 is 0 Å². The molecule has 0 saturated carbocycles. The molecular formula is C34H55F2N3. The van der Waals surface area contributed by atoms with Crippen LogP contribution in [0.15, 0.2) is 43.1 Å². The van der Waals surface area contributed by atoms with Crippen molar-refractivity contribution in [1.82, 2.24) is 14.8 Å². The molecule has 220 valence electrons. The third-order valence-electron chi connectivity index (χ3n) is 6.90. The van der Waals surface area contributed by atoms with E-state index in [2.05, 4.69) is 48.2 Å². The summed E-state index contributed by atoms with van der Waals surface area (Å²) in [7, 11) is 0. The second kappa shape index (κ2) is 17.4. The number of likely N-dealkylation sites (tertiary alicyclic amines) is 1. The van der Waals surface area contributed by atoms with Crippen molar-refractivity contribution in [2.45, 2.75) is 93.7 Å². The zero-order valence-electron chi connectivity index (χ0n) is 26.3. The van der Waals surface area contributed by atoms with Crippen LogP contribution in [0.3, 0.4) is 0 Å². The second-order valence-electron chi connectivity index (χ2n) is 11.1. The molecule has 1 fully saturated rings. The van der Waals surface area contributed by atoms with Gasteiger partial charge in [0.15, 0.2) is 0 Å². The first kappa shape index (κ1) is 34.8. The number of nitrogens with zero attached hydrogens (tertiary/aromatic N) is 3. The average molecular weight is 544 g/mol. The molecule has 1 aromatic carbocycles. The summed E-state index contributed by atoms with van der Waals surface area (Å²) >= 11 is 0. The Hall–Kier alpha value is -2.27. The number of halogens is 2. The minimum absolute atomic E-state index is 0.249. The lowest BCUT2D eigenvalue weighted by atomic mass is 9.91. The molecule has 0 atom stereocenters. The van der Waals surface area contributed by atoms with Crippen molar-refractivity contribution in [1.29, 1.82) is 0 Å². The van der Waals surface area contributed by atoms with E-state index in [1.165, 1.54) is 0 Å². The SMILES string of the molecule is C=C(c1ccc(-c2ccc(CCC3CCN(CC(C)(C)F)CC3)nc2)cc1F)N(CC)CC(C)C.CC.CC. The van der Waals surface area contributed by atoms with E-state index < -0.39 is 5.67 Å². The van der Waals surface area contributed by atoms with Crippen molar-refractivity contribution in [2.24, 2.45) is 11.8 Å². The quantitative estimate of drug-likeness (QED) is 0.281. The van der Waals surface area contributed by atoms with Crippen LogP contribution in [0, 0.1) is 17.7 Å². The standard InChI is InChI=1S/C30H43F2N3.2C2H6/c1-7-35(20-22(2)3)23(4)28-13-10-25(18-29(28)31)26-9-12-27(33-19-26)11-8-24-14-16-34(17-15-24)21-30(5,6)32;2*1-2/h9-10,12-13,18-19,22,24H,4,7-8,11,14-17,20-21H2,1-3,5-6H3;2*1-2H3. The maximum Gasteiger partial charge on any atom is 0.133 e. The van der Waals surface area contributed by atoms with E-state index >= 15 is 4.39 Å². The maximum absolute atomic E-state index is 15.0. The fraction of sp³-hybridized carbons (Fsp3) is 0.618. The zero-order valence-corrected chi connectivity index (χ0v) is 26.3. The molecule has 0 radical (unpaired) electrons. The molecule has 2 heterocycles. The summed E-state index contributed by atoms with van der Waals surface area (Å²) in [6, 6.07) is 9.47. The Labute approximate surface area is 238 Å². The number of benzene rings is 1. The first-order valence-corrected chi connectivity index (χ1v) is 15.2. The van der Waals surface area contributed by atoms with Gasteiger partial charge in [-0.15, -0.1) is 0 Å². The molecule has 0 bridgehead atoms. The molecule has 0 amide bonds. The van der Waals surface area contributed by atoms with Gasteiger partial charge in [0.2, 0.25) is 0 Å². The number of aromatic nitrogens is 1. The first-order valence-electron chi connectivity index (χ1n) is 15.2. The molecule has 3 nitrogen and oxygen atoms in total. The van der Waals surface area contributed by atoms with E-state index in [1.807, 2.05) is 52.1 Å². The lowest BCUT2D eigenvalue weighted by Gasteiger charge is -2.34. The zero-order chi connectivity index (χ0) is 29.6. The molecule has 2 aromatic rings. The Morgan fingerprint density at radius 2 is 1.69 bits per heavy atom. The van der Waals surface area contributed by atoms with Gasteiger partial charge in [0.1, 0.15) is 11.5 Å². The van der Waals surface area contributed by atoms with Crippen LogP contribution in [0.2, 0.25) is 0 Å². The highest BCUT2D eigenvalue weighted by Crippen LogP contribution is 2.28. The summed E-state index contributed by atoms with van der Waals surface area (Å²) in [5, 5.41) is 0. The molecule has 0 spiro atoms. The van der Waals surface area contributed by atoms with E-state index in [0.29, 0.717) is 23.9 Å². The summed E-state index contributed by atoms with van der Waals surface area (Å²) in [4.78, 5) is 9.03. The fourth-order valence-corrected chi connectivity index (χ4v) is 5.03. The minimum Gasteiger partial charge on any atom is -0.371 e. The molecule has 39 heavy (non-hydrogen) atoms. The normalized spacial score (nSPS) is 14.3. The van der Waals surface area contributed by atoms with Crippen molar-refractivity contribution in [3.63, 3.8) is 0 Å². The number of hydrogen-bond donors (Lipinski definition) is 0. The van der Waals surface area contributed by atoms with E-state index in [4.69, 9.17) is 0 Å². The number of rotatable bonds is 11. The van der Waals surface area contributed by atoms with Crippen LogP contribution >= 0.6 is 0 Å². The van der Waals surface area contributed by atoms with Gasteiger partial charge in [-0.25, -0.2) is 8.78 Å². The van der Waals surface area contributed by atoms with Gasteiger partial charge in [-0.1, -0.05) is 60.3 Å². The van der Waals surface area contributed by atoms with Crippen LogP contribution in [0.25, 0.3) is 16.8 Å². The predicted molar refractivity (Wildman–Crippen MR) is 166 cm³/mol. The van der Waals surface area contributed by atoms with Crippen LogP contribution in [-0.4, -0.2) is 53.2 Å². The molecule has 1 saturated heterocycles. The fourth-order valence-electron chi connectivity index (χ4n) is 5.03. The van der Waals surface area contributed by atoms with E-state index in [-0.39, 0.29) is 5.82 Å². The van der Waals surface area contributed by atoms with Gasteiger partial charge in [0.05, 0.1) is 0 Å². The van der Waals surface area contributed by atoms with Crippen LogP contribution in [0.4, 0.5) is 8.78 Å². The van der Waals surface area contributed by atoms with Crippen molar-refractivity contribution < 1.29 is 8.78 Å². The van der Waals surface area contributed by atoms with Crippen molar-refractivity contribution in [3.05, 3.63) is 60.2 Å². The third kappa shape index (κ3) is 11.8. The Bertz CT molecular complexity index is 955. The predicted octanol–water partition coefficient (Wildman–Crippen LogP) is 9.28. The minimum atomic E-state index is -1.13. The van der Waals surface area contributed by atoms with E-state index in [0.717, 1.165) is 74.4 Å². The number of alkyl halides is 1. The van der Waals surface area contributed by atoms with Gasteiger partial charge >= 0.3 is 0 Å². The molecular weight excluding hydrogens is 488 g/mol.